The van der Waals surface area contributed by atoms with Crippen molar-refractivity contribution < 1.29 is 9.59 Å². The number of aryl methyl sites for hydroxylation is 1. The summed E-state index contributed by atoms with van der Waals surface area (Å²) >= 11 is 0. The lowest BCUT2D eigenvalue weighted by atomic mass is 9.80. The highest BCUT2D eigenvalue weighted by molar-refractivity contribution is 5.97. The summed E-state index contributed by atoms with van der Waals surface area (Å²) in [5.41, 5.74) is 9.27. The van der Waals surface area contributed by atoms with Crippen molar-refractivity contribution in [1.29, 1.82) is 0 Å². The highest BCUT2D eigenvalue weighted by Crippen LogP contribution is 2.35. The van der Waals surface area contributed by atoms with E-state index in [4.69, 9.17) is 5.73 Å². The zero-order chi connectivity index (χ0) is 21.8. The van der Waals surface area contributed by atoms with Crippen molar-refractivity contribution in [3.63, 3.8) is 0 Å². The number of nitrogen functional groups attached to an aromatic ring is 1. The molecule has 2 aliphatic rings. The maximum atomic E-state index is 12.2. The molecule has 0 aromatic heterocycles. The molecule has 2 fully saturated rings. The van der Waals surface area contributed by atoms with Crippen molar-refractivity contribution in [3.8, 4) is 0 Å². The summed E-state index contributed by atoms with van der Waals surface area (Å²) in [6.45, 7) is 3.64. The second-order valence-corrected chi connectivity index (χ2v) is 8.89. The summed E-state index contributed by atoms with van der Waals surface area (Å²) in [6.07, 6.45) is 4.91. The fourth-order valence-electron chi connectivity index (χ4n) is 4.76. The van der Waals surface area contributed by atoms with Gasteiger partial charge in [-0.1, -0.05) is 30.3 Å². The van der Waals surface area contributed by atoms with Gasteiger partial charge in [0.1, 0.15) is 0 Å². The van der Waals surface area contributed by atoms with Gasteiger partial charge >= 0.3 is 0 Å². The van der Waals surface area contributed by atoms with E-state index >= 15 is 0 Å². The van der Waals surface area contributed by atoms with E-state index in [9.17, 15) is 9.59 Å². The van der Waals surface area contributed by atoms with Gasteiger partial charge in [-0.3, -0.25) is 14.5 Å². The van der Waals surface area contributed by atoms with E-state index in [0.29, 0.717) is 23.2 Å². The Morgan fingerprint density at radius 3 is 2.42 bits per heavy atom. The van der Waals surface area contributed by atoms with E-state index in [-0.39, 0.29) is 24.4 Å². The summed E-state index contributed by atoms with van der Waals surface area (Å²) in [4.78, 5) is 26.9. The third-order valence-corrected chi connectivity index (χ3v) is 6.70. The molecule has 0 spiro atoms. The lowest BCUT2D eigenvalue weighted by molar-refractivity contribution is -0.122. The molecule has 1 heterocycles. The van der Waals surface area contributed by atoms with Gasteiger partial charge in [-0.2, -0.15) is 0 Å². The number of hydrogen-bond acceptors (Lipinski definition) is 4. The first kappa shape index (κ1) is 21.4. The molecule has 6 nitrogen and oxygen atoms in total. The van der Waals surface area contributed by atoms with Crippen LogP contribution in [0.3, 0.4) is 0 Å². The second kappa shape index (κ2) is 9.52. The number of hydrogen-bond donors (Lipinski definition) is 3. The fourth-order valence-corrected chi connectivity index (χ4v) is 4.76. The molecule has 31 heavy (non-hydrogen) atoms. The lowest BCUT2D eigenvalue weighted by Gasteiger charge is -2.46. The van der Waals surface area contributed by atoms with Gasteiger partial charge in [0, 0.05) is 30.4 Å². The van der Waals surface area contributed by atoms with E-state index in [1.54, 1.807) is 18.2 Å². The van der Waals surface area contributed by atoms with Crippen molar-refractivity contribution in [3.05, 3.63) is 65.2 Å². The number of amides is 2. The molecular weight excluding hydrogens is 388 g/mol. The van der Waals surface area contributed by atoms with Gasteiger partial charge in [-0.25, -0.2) is 0 Å². The van der Waals surface area contributed by atoms with E-state index in [1.807, 2.05) is 6.92 Å². The summed E-state index contributed by atoms with van der Waals surface area (Å²) in [6, 6.07) is 16.7. The van der Waals surface area contributed by atoms with Crippen LogP contribution < -0.4 is 16.4 Å². The highest BCUT2D eigenvalue weighted by atomic mass is 16.2. The quantitative estimate of drug-likeness (QED) is 0.627. The number of benzene rings is 2. The maximum Gasteiger partial charge on any atom is 0.251 e. The number of carbonyl (C=O) groups is 2. The first-order chi connectivity index (χ1) is 15.0. The minimum Gasteiger partial charge on any atom is -0.399 e. The van der Waals surface area contributed by atoms with Crippen LogP contribution in [0.1, 0.15) is 53.1 Å². The molecule has 164 valence electrons. The molecule has 1 aliphatic carbocycles. The highest BCUT2D eigenvalue weighted by Gasteiger charge is 2.35. The van der Waals surface area contributed by atoms with Gasteiger partial charge in [-0.05, 0) is 67.9 Å². The number of nitrogens with one attached hydrogen (secondary N) is 2. The molecule has 4 rings (SSSR count). The first-order valence-corrected chi connectivity index (χ1v) is 11.2. The smallest absolute Gasteiger partial charge is 0.251 e. The van der Waals surface area contributed by atoms with Crippen molar-refractivity contribution in [2.75, 3.05) is 25.4 Å². The molecule has 2 aromatic rings. The monoisotopic (exact) mass is 420 g/mol. The molecule has 1 saturated carbocycles. The molecule has 1 saturated heterocycles. The first-order valence-electron chi connectivity index (χ1n) is 11.2. The third-order valence-electron chi connectivity index (χ3n) is 6.70. The predicted molar refractivity (Wildman–Crippen MR) is 123 cm³/mol. The third kappa shape index (κ3) is 5.25. The van der Waals surface area contributed by atoms with Crippen molar-refractivity contribution >= 4 is 17.5 Å². The molecule has 4 N–H and O–H groups in total. The molecule has 6 heteroatoms. The SMILES string of the molecule is Cc1cc(C(=O)NCC(=O)NC2CN(C3CCC(c4ccccc4)CC3)C2)ccc1N. The Morgan fingerprint density at radius 1 is 1.03 bits per heavy atom. The van der Waals surface area contributed by atoms with Gasteiger partial charge in [0.25, 0.3) is 5.91 Å². The summed E-state index contributed by atoms with van der Waals surface area (Å²) in [7, 11) is 0. The number of carbonyl (C=O) groups excluding carboxylic acids is 2. The van der Waals surface area contributed by atoms with Crippen molar-refractivity contribution in [2.45, 2.75) is 50.6 Å². The van der Waals surface area contributed by atoms with Crippen LogP contribution in [0.4, 0.5) is 5.69 Å². The Bertz CT molecular complexity index is 916. The largest absolute Gasteiger partial charge is 0.399 e. The van der Waals surface area contributed by atoms with Crippen LogP contribution in [-0.4, -0.2) is 48.4 Å². The molecule has 0 unspecified atom stereocenters. The van der Waals surface area contributed by atoms with Crippen LogP contribution >= 0.6 is 0 Å². The van der Waals surface area contributed by atoms with Gasteiger partial charge in [0.15, 0.2) is 0 Å². The van der Waals surface area contributed by atoms with Crippen LogP contribution in [0, 0.1) is 6.92 Å². The van der Waals surface area contributed by atoms with Gasteiger partial charge in [0.2, 0.25) is 5.91 Å². The minimum absolute atomic E-state index is 0.0130. The Balaban J connectivity index is 1.14. The van der Waals surface area contributed by atoms with Crippen molar-refractivity contribution in [2.24, 2.45) is 0 Å². The molecular formula is C25H32N4O2. The maximum absolute atomic E-state index is 12.2. The molecule has 0 radical (unpaired) electrons. The van der Waals surface area contributed by atoms with Crippen LogP contribution in [0.15, 0.2) is 48.5 Å². The average molecular weight is 421 g/mol. The summed E-state index contributed by atoms with van der Waals surface area (Å²) in [5.74, 6) is 0.282. The van der Waals surface area contributed by atoms with Gasteiger partial charge in [-0.15, -0.1) is 0 Å². The lowest BCUT2D eigenvalue weighted by Crippen LogP contribution is -2.63. The predicted octanol–water partition coefficient (Wildman–Crippen LogP) is 2.83. The molecule has 2 aromatic carbocycles. The average Bonchev–Trinajstić information content (AvgIpc) is 2.77. The molecule has 0 atom stereocenters. The van der Waals surface area contributed by atoms with Crippen LogP contribution in [-0.2, 0) is 4.79 Å². The number of anilines is 1. The second-order valence-electron chi connectivity index (χ2n) is 8.89. The number of rotatable bonds is 6. The Morgan fingerprint density at radius 2 is 1.74 bits per heavy atom. The van der Waals surface area contributed by atoms with E-state index in [0.717, 1.165) is 18.7 Å². The van der Waals surface area contributed by atoms with Crippen LogP contribution in [0.5, 0.6) is 0 Å². The molecule has 2 amide bonds. The van der Waals surface area contributed by atoms with E-state index in [1.165, 1.54) is 31.2 Å². The zero-order valence-electron chi connectivity index (χ0n) is 18.1. The van der Waals surface area contributed by atoms with Crippen LogP contribution in [0.25, 0.3) is 0 Å². The van der Waals surface area contributed by atoms with Gasteiger partial charge < -0.3 is 16.4 Å². The van der Waals surface area contributed by atoms with E-state index < -0.39 is 0 Å². The topological polar surface area (TPSA) is 87.5 Å². The minimum atomic E-state index is -0.260. The van der Waals surface area contributed by atoms with Gasteiger partial charge in [0.05, 0.1) is 12.6 Å². The zero-order valence-corrected chi connectivity index (χ0v) is 18.1. The Kier molecular flexibility index (Phi) is 6.56. The molecule has 1 aliphatic heterocycles. The Labute approximate surface area is 184 Å². The number of nitrogens with two attached hydrogens (primary N) is 1. The summed E-state index contributed by atoms with van der Waals surface area (Å²) in [5, 5.41) is 5.72. The normalized spacial score (nSPS) is 21.8. The molecule has 0 bridgehead atoms. The number of nitrogens with zero attached hydrogens (tertiary/aromatic N) is 1. The van der Waals surface area contributed by atoms with Crippen LogP contribution in [0.2, 0.25) is 0 Å². The summed E-state index contributed by atoms with van der Waals surface area (Å²) < 4.78 is 0. The fraction of sp³-hybridized carbons (Fsp3) is 0.440. The standard InChI is InChI=1S/C25H32N4O2/c1-17-13-20(9-12-23(17)26)25(31)27-14-24(30)28-21-15-29(16-21)22-10-7-19(8-11-22)18-5-3-2-4-6-18/h2-6,9,12-13,19,21-22H,7-8,10-11,14-16,26H2,1H3,(H,27,31)(H,28,30). The van der Waals surface area contributed by atoms with E-state index in [2.05, 4.69) is 45.9 Å². The number of likely N-dealkylation sites (tertiary alicyclic amines) is 1. The van der Waals surface area contributed by atoms with Crippen molar-refractivity contribution in [1.82, 2.24) is 15.5 Å². The Hall–Kier alpha value is -2.86.